The highest BCUT2D eigenvalue weighted by Crippen LogP contribution is 2.26. The molecule has 1 heterocycles. The Balaban J connectivity index is 2.33. The molecule has 0 aliphatic heterocycles. The SMILES string of the molecule is CCC(N)(CC)c1nc(-c2ccc(Br)cc2)no1. The number of halogens is 1. The van der Waals surface area contributed by atoms with Crippen molar-refractivity contribution in [2.45, 2.75) is 32.2 Å². The summed E-state index contributed by atoms with van der Waals surface area (Å²) < 4.78 is 6.32. The molecule has 0 atom stereocenters. The van der Waals surface area contributed by atoms with E-state index in [1.165, 1.54) is 0 Å². The van der Waals surface area contributed by atoms with Crippen molar-refractivity contribution in [2.75, 3.05) is 0 Å². The Morgan fingerprint density at radius 3 is 2.39 bits per heavy atom. The second kappa shape index (κ2) is 5.20. The summed E-state index contributed by atoms with van der Waals surface area (Å²) >= 11 is 3.39. The van der Waals surface area contributed by atoms with Crippen molar-refractivity contribution in [3.63, 3.8) is 0 Å². The Morgan fingerprint density at radius 2 is 1.83 bits per heavy atom. The normalized spacial score (nSPS) is 11.8. The molecule has 2 rings (SSSR count). The van der Waals surface area contributed by atoms with E-state index in [0.29, 0.717) is 11.7 Å². The van der Waals surface area contributed by atoms with Gasteiger partial charge in [-0.1, -0.05) is 34.9 Å². The van der Waals surface area contributed by atoms with Gasteiger partial charge in [0.25, 0.3) is 0 Å². The Kier molecular flexibility index (Phi) is 3.82. The predicted octanol–water partition coefficient (Wildman–Crippen LogP) is 3.47. The number of nitrogens with zero attached hydrogens (tertiary/aromatic N) is 2. The first kappa shape index (κ1) is 13.2. The maximum absolute atomic E-state index is 6.23. The lowest BCUT2D eigenvalue weighted by molar-refractivity contribution is 0.268. The minimum atomic E-state index is -0.527. The third-order valence-electron chi connectivity index (χ3n) is 3.22. The van der Waals surface area contributed by atoms with Crippen LogP contribution in [0.1, 0.15) is 32.6 Å². The van der Waals surface area contributed by atoms with Crippen LogP contribution in [0.2, 0.25) is 0 Å². The van der Waals surface area contributed by atoms with Crippen molar-refractivity contribution in [3.05, 3.63) is 34.6 Å². The third-order valence-corrected chi connectivity index (χ3v) is 3.74. The van der Waals surface area contributed by atoms with Crippen molar-refractivity contribution >= 4 is 15.9 Å². The van der Waals surface area contributed by atoms with E-state index in [1.807, 2.05) is 38.1 Å². The molecule has 1 aromatic heterocycles. The van der Waals surface area contributed by atoms with Gasteiger partial charge in [-0.2, -0.15) is 4.98 Å². The molecule has 0 spiro atoms. The van der Waals surface area contributed by atoms with Crippen LogP contribution in [0, 0.1) is 0 Å². The van der Waals surface area contributed by atoms with Crippen LogP contribution < -0.4 is 5.73 Å². The summed E-state index contributed by atoms with van der Waals surface area (Å²) in [6.45, 7) is 4.04. The summed E-state index contributed by atoms with van der Waals surface area (Å²) in [7, 11) is 0. The van der Waals surface area contributed by atoms with E-state index in [4.69, 9.17) is 10.3 Å². The van der Waals surface area contributed by atoms with Crippen LogP contribution in [0.15, 0.2) is 33.3 Å². The van der Waals surface area contributed by atoms with Gasteiger partial charge in [0.2, 0.25) is 11.7 Å². The van der Waals surface area contributed by atoms with Crippen LogP contribution in [0.25, 0.3) is 11.4 Å². The molecule has 18 heavy (non-hydrogen) atoms. The van der Waals surface area contributed by atoms with Crippen LogP contribution >= 0.6 is 15.9 Å². The second-order valence-electron chi connectivity index (χ2n) is 4.29. The average molecular weight is 310 g/mol. The first-order valence-electron chi connectivity index (χ1n) is 5.98. The summed E-state index contributed by atoms with van der Waals surface area (Å²) in [5.41, 5.74) is 6.62. The van der Waals surface area contributed by atoms with Crippen molar-refractivity contribution < 1.29 is 4.52 Å². The van der Waals surface area contributed by atoms with Gasteiger partial charge in [-0.25, -0.2) is 0 Å². The van der Waals surface area contributed by atoms with E-state index in [0.717, 1.165) is 22.9 Å². The van der Waals surface area contributed by atoms with Crippen LogP contribution in [-0.4, -0.2) is 10.1 Å². The first-order chi connectivity index (χ1) is 8.59. The van der Waals surface area contributed by atoms with E-state index in [2.05, 4.69) is 26.1 Å². The fourth-order valence-corrected chi connectivity index (χ4v) is 1.96. The van der Waals surface area contributed by atoms with Crippen molar-refractivity contribution in [3.8, 4) is 11.4 Å². The largest absolute Gasteiger partial charge is 0.337 e. The molecule has 0 bridgehead atoms. The van der Waals surface area contributed by atoms with E-state index in [1.54, 1.807) is 0 Å². The molecule has 2 aromatic rings. The van der Waals surface area contributed by atoms with Gasteiger partial charge in [-0.15, -0.1) is 0 Å². The maximum atomic E-state index is 6.23. The number of aromatic nitrogens is 2. The lowest BCUT2D eigenvalue weighted by Crippen LogP contribution is -2.35. The minimum Gasteiger partial charge on any atom is -0.337 e. The van der Waals surface area contributed by atoms with Crippen LogP contribution in [0.3, 0.4) is 0 Å². The molecular formula is C13H16BrN3O. The summed E-state index contributed by atoms with van der Waals surface area (Å²) in [5, 5.41) is 4.00. The molecule has 0 fully saturated rings. The zero-order chi connectivity index (χ0) is 13.2. The Bertz CT molecular complexity index is 517. The molecule has 0 radical (unpaired) electrons. The Morgan fingerprint density at radius 1 is 1.22 bits per heavy atom. The minimum absolute atomic E-state index is 0.505. The number of hydrogen-bond acceptors (Lipinski definition) is 4. The summed E-state index contributed by atoms with van der Waals surface area (Å²) in [6, 6.07) is 7.77. The molecule has 2 N–H and O–H groups in total. The quantitative estimate of drug-likeness (QED) is 0.939. The molecule has 0 aliphatic rings. The first-order valence-corrected chi connectivity index (χ1v) is 6.77. The van der Waals surface area contributed by atoms with Gasteiger partial charge in [-0.3, -0.25) is 0 Å². The van der Waals surface area contributed by atoms with E-state index in [9.17, 15) is 0 Å². The van der Waals surface area contributed by atoms with Gasteiger partial charge >= 0.3 is 0 Å². The van der Waals surface area contributed by atoms with Crippen molar-refractivity contribution in [2.24, 2.45) is 5.73 Å². The van der Waals surface area contributed by atoms with Gasteiger partial charge in [0.1, 0.15) is 0 Å². The zero-order valence-corrected chi connectivity index (χ0v) is 12.1. The number of benzene rings is 1. The van der Waals surface area contributed by atoms with Crippen LogP contribution in [-0.2, 0) is 5.54 Å². The fraction of sp³-hybridized carbons (Fsp3) is 0.385. The van der Waals surface area contributed by atoms with E-state index >= 15 is 0 Å². The average Bonchev–Trinajstić information content (AvgIpc) is 2.89. The highest BCUT2D eigenvalue weighted by Gasteiger charge is 2.30. The summed E-state index contributed by atoms with van der Waals surface area (Å²) in [4.78, 5) is 4.41. The van der Waals surface area contributed by atoms with Gasteiger partial charge in [0.15, 0.2) is 0 Å². The second-order valence-corrected chi connectivity index (χ2v) is 5.21. The summed E-state index contributed by atoms with van der Waals surface area (Å²) in [5.74, 6) is 1.08. The predicted molar refractivity (Wildman–Crippen MR) is 73.9 cm³/mol. The summed E-state index contributed by atoms with van der Waals surface area (Å²) in [6.07, 6.45) is 1.54. The van der Waals surface area contributed by atoms with Gasteiger partial charge in [0, 0.05) is 10.0 Å². The molecular weight excluding hydrogens is 294 g/mol. The molecule has 0 aliphatic carbocycles. The molecule has 0 amide bonds. The maximum Gasteiger partial charge on any atom is 0.247 e. The van der Waals surface area contributed by atoms with Gasteiger partial charge in [0.05, 0.1) is 5.54 Å². The molecule has 96 valence electrons. The highest BCUT2D eigenvalue weighted by molar-refractivity contribution is 9.10. The Labute approximate surface area is 115 Å². The van der Waals surface area contributed by atoms with Crippen LogP contribution in [0.5, 0.6) is 0 Å². The number of nitrogens with two attached hydrogens (primary N) is 1. The van der Waals surface area contributed by atoms with Gasteiger partial charge in [-0.05, 0) is 37.1 Å². The smallest absolute Gasteiger partial charge is 0.247 e. The lowest BCUT2D eigenvalue weighted by Gasteiger charge is -2.20. The fourth-order valence-electron chi connectivity index (χ4n) is 1.69. The van der Waals surface area contributed by atoms with Gasteiger partial charge < -0.3 is 10.3 Å². The molecule has 0 saturated carbocycles. The topological polar surface area (TPSA) is 64.9 Å². The lowest BCUT2D eigenvalue weighted by atomic mass is 9.94. The standard InChI is InChI=1S/C13H16BrN3O/c1-3-13(15,4-2)12-16-11(17-18-12)9-5-7-10(14)8-6-9/h5-8H,3-4,15H2,1-2H3. The zero-order valence-electron chi connectivity index (χ0n) is 10.5. The molecule has 4 nitrogen and oxygen atoms in total. The van der Waals surface area contributed by atoms with E-state index in [-0.39, 0.29) is 0 Å². The number of rotatable bonds is 4. The van der Waals surface area contributed by atoms with Crippen LogP contribution in [0.4, 0.5) is 0 Å². The Hall–Kier alpha value is -1.20. The molecule has 1 aromatic carbocycles. The van der Waals surface area contributed by atoms with Crippen molar-refractivity contribution in [1.82, 2.24) is 10.1 Å². The molecule has 0 unspecified atom stereocenters. The highest BCUT2D eigenvalue weighted by atomic mass is 79.9. The third kappa shape index (κ3) is 2.47. The monoisotopic (exact) mass is 309 g/mol. The molecule has 0 saturated heterocycles. The van der Waals surface area contributed by atoms with Crippen molar-refractivity contribution in [1.29, 1.82) is 0 Å². The van der Waals surface area contributed by atoms with E-state index < -0.39 is 5.54 Å². The number of hydrogen-bond donors (Lipinski definition) is 1. The molecule has 5 heteroatoms.